The Hall–Kier alpha value is -2.44. The largest absolute Gasteiger partial charge is 0.433 e. The second-order valence-electron chi connectivity index (χ2n) is 3.89. The molecule has 19 heavy (non-hydrogen) atoms. The first kappa shape index (κ1) is 11.6. The quantitative estimate of drug-likeness (QED) is 0.735. The Balaban J connectivity index is 2.31. The fourth-order valence-corrected chi connectivity index (χ4v) is 1.92. The first-order valence-corrected chi connectivity index (χ1v) is 5.38. The molecule has 0 saturated carbocycles. The minimum absolute atomic E-state index is 0.00616. The van der Waals surface area contributed by atoms with E-state index in [0.717, 1.165) is 6.20 Å². The summed E-state index contributed by atoms with van der Waals surface area (Å²) in [6.45, 7) is 0. The standard InChI is InChI=1S/C12H7F3N4/c13-12(14,15)11-8(2-1-4-17-11)7-3-5-16-9-6-18-19-10(7)9/h1-6H,(H,18,19). The smallest absolute Gasteiger partial charge is 0.276 e. The van der Waals surface area contributed by atoms with Gasteiger partial charge >= 0.3 is 6.18 Å². The summed E-state index contributed by atoms with van der Waals surface area (Å²) in [6, 6.07) is 4.35. The summed E-state index contributed by atoms with van der Waals surface area (Å²) in [5, 5.41) is 6.45. The van der Waals surface area contributed by atoms with Crippen molar-refractivity contribution in [3.63, 3.8) is 0 Å². The number of aromatic amines is 1. The van der Waals surface area contributed by atoms with Gasteiger partial charge in [-0.1, -0.05) is 6.07 Å². The van der Waals surface area contributed by atoms with Crippen molar-refractivity contribution in [1.29, 1.82) is 0 Å². The molecule has 0 aliphatic carbocycles. The molecule has 0 saturated heterocycles. The highest BCUT2D eigenvalue weighted by molar-refractivity contribution is 5.91. The number of nitrogens with zero attached hydrogens (tertiary/aromatic N) is 3. The Bertz CT molecular complexity index is 733. The number of nitrogens with one attached hydrogen (secondary N) is 1. The summed E-state index contributed by atoms with van der Waals surface area (Å²) in [7, 11) is 0. The zero-order valence-electron chi connectivity index (χ0n) is 9.44. The van der Waals surface area contributed by atoms with Gasteiger partial charge in [-0.25, -0.2) is 0 Å². The van der Waals surface area contributed by atoms with E-state index in [1.54, 1.807) is 0 Å². The maximum absolute atomic E-state index is 13.0. The average Bonchev–Trinajstić information content (AvgIpc) is 2.85. The second-order valence-corrected chi connectivity index (χ2v) is 3.89. The summed E-state index contributed by atoms with van der Waals surface area (Å²) in [6.07, 6.45) is -0.479. The Morgan fingerprint density at radius 1 is 1.00 bits per heavy atom. The van der Waals surface area contributed by atoms with Crippen LogP contribution >= 0.6 is 0 Å². The lowest BCUT2D eigenvalue weighted by molar-refractivity contribution is -0.140. The molecule has 3 heterocycles. The monoisotopic (exact) mass is 264 g/mol. The number of alkyl halides is 3. The van der Waals surface area contributed by atoms with E-state index in [1.807, 2.05) is 0 Å². The molecule has 0 fully saturated rings. The van der Waals surface area contributed by atoms with Gasteiger partial charge in [0.05, 0.1) is 11.7 Å². The van der Waals surface area contributed by atoms with Crippen LogP contribution in [0.5, 0.6) is 0 Å². The average molecular weight is 264 g/mol. The summed E-state index contributed by atoms with van der Waals surface area (Å²) < 4.78 is 38.9. The molecule has 0 bridgehead atoms. The minimum atomic E-state index is -4.51. The van der Waals surface area contributed by atoms with Gasteiger partial charge in [-0.2, -0.15) is 18.3 Å². The van der Waals surface area contributed by atoms with Crippen LogP contribution in [-0.4, -0.2) is 20.2 Å². The Labute approximate surface area is 105 Å². The number of H-pyrrole nitrogens is 1. The Morgan fingerprint density at radius 3 is 2.63 bits per heavy atom. The van der Waals surface area contributed by atoms with Gasteiger partial charge in [0.25, 0.3) is 0 Å². The Kier molecular flexibility index (Phi) is 2.48. The van der Waals surface area contributed by atoms with Crippen LogP contribution in [0.25, 0.3) is 22.2 Å². The van der Waals surface area contributed by atoms with Gasteiger partial charge in [0.1, 0.15) is 5.52 Å². The van der Waals surface area contributed by atoms with Crippen LogP contribution < -0.4 is 0 Å². The van der Waals surface area contributed by atoms with Crippen LogP contribution in [0.4, 0.5) is 13.2 Å². The van der Waals surface area contributed by atoms with Crippen molar-refractivity contribution in [2.45, 2.75) is 6.18 Å². The summed E-state index contributed by atoms with van der Waals surface area (Å²) >= 11 is 0. The van der Waals surface area contributed by atoms with E-state index < -0.39 is 11.9 Å². The van der Waals surface area contributed by atoms with E-state index in [2.05, 4.69) is 20.2 Å². The molecule has 0 aliphatic rings. The number of hydrogen-bond donors (Lipinski definition) is 1. The van der Waals surface area contributed by atoms with Gasteiger partial charge < -0.3 is 0 Å². The molecule has 0 aliphatic heterocycles. The lowest BCUT2D eigenvalue weighted by Crippen LogP contribution is -2.09. The number of rotatable bonds is 1. The van der Waals surface area contributed by atoms with Gasteiger partial charge in [0.2, 0.25) is 0 Å². The van der Waals surface area contributed by atoms with E-state index in [-0.39, 0.29) is 5.56 Å². The molecule has 1 N–H and O–H groups in total. The van der Waals surface area contributed by atoms with E-state index >= 15 is 0 Å². The first-order valence-electron chi connectivity index (χ1n) is 5.38. The van der Waals surface area contributed by atoms with Crippen molar-refractivity contribution in [3.05, 3.63) is 42.5 Å². The second kappa shape index (κ2) is 4.04. The van der Waals surface area contributed by atoms with Crippen LogP contribution in [0.15, 0.2) is 36.8 Å². The third kappa shape index (κ3) is 1.92. The third-order valence-corrected chi connectivity index (χ3v) is 2.71. The molecule has 0 amide bonds. The molecule has 3 aromatic heterocycles. The van der Waals surface area contributed by atoms with Crippen LogP contribution in [0.1, 0.15) is 5.69 Å². The Morgan fingerprint density at radius 2 is 1.84 bits per heavy atom. The van der Waals surface area contributed by atoms with Crippen molar-refractivity contribution in [1.82, 2.24) is 20.2 Å². The van der Waals surface area contributed by atoms with Crippen molar-refractivity contribution >= 4 is 11.0 Å². The molecule has 0 unspecified atom stereocenters. The predicted octanol–water partition coefficient (Wildman–Crippen LogP) is 3.04. The number of fused-ring (bicyclic) bond motifs is 1. The summed E-state index contributed by atoms with van der Waals surface area (Å²) in [5.74, 6) is 0. The SMILES string of the molecule is FC(F)(F)c1ncccc1-c1ccnc2cn[nH]c12. The lowest BCUT2D eigenvalue weighted by Gasteiger charge is -2.11. The van der Waals surface area contributed by atoms with Crippen molar-refractivity contribution in [2.24, 2.45) is 0 Å². The maximum atomic E-state index is 13.0. The van der Waals surface area contributed by atoms with Gasteiger partial charge in [-0.3, -0.25) is 15.1 Å². The first-order chi connectivity index (χ1) is 9.07. The van der Waals surface area contributed by atoms with Crippen LogP contribution in [0.3, 0.4) is 0 Å². The molecule has 3 rings (SSSR count). The summed E-state index contributed by atoms with van der Waals surface area (Å²) in [4.78, 5) is 7.46. The van der Waals surface area contributed by atoms with E-state index in [4.69, 9.17) is 0 Å². The fourth-order valence-electron chi connectivity index (χ4n) is 1.92. The van der Waals surface area contributed by atoms with E-state index in [1.165, 1.54) is 30.6 Å². The molecule has 7 heteroatoms. The maximum Gasteiger partial charge on any atom is 0.433 e. The molecular formula is C12H7F3N4. The fraction of sp³-hybridized carbons (Fsp3) is 0.0833. The highest BCUT2D eigenvalue weighted by Gasteiger charge is 2.35. The number of pyridine rings is 2. The van der Waals surface area contributed by atoms with Crippen LogP contribution in [0.2, 0.25) is 0 Å². The van der Waals surface area contributed by atoms with Gasteiger partial charge in [0, 0.05) is 23.5 Å². The van der Waals surface area contributed by atoms with Crippen molar-refractivity contribution < 1.29 is 13.2 Å². The molecule has 0 spiro atoms. The molecule has 96 valence electrons. The zero-order chi connectivity index (χ0) is 13.5. The molecule has 0 aromatic carbocycles. The van der Waals surface area contributed by atoms with Crippen LogP contribution in [-0.2, 0) is 6.18 Å². The zero-order valence-corrected chi connectivity index (χ0v) is 9.44. The van der Waals surface area contributed by atoms with E-state index in [9.17, 15) is 13.2 Å². The molecule has 4 nitrogen and oxygen atoms in total. The number of aromatic nitrogens is 4. The molecular weight excluding hydrogens is 257 g/mol. The van der Waals surface area contributed by atoms with E-state index in [0.29, 0.717) is 16.6 Å². The molecule has 0 radical (unpaired) electrons. The topological polar surface area (TPSA) is 54.5 Å². The third-order valence-electron chi connectivity index (χ3n) is 2.71. The number of hydrogen-bond acceptors (Lipinski definition) is 3. The number of halogens is 3. The molecule has 0 atom stereocenters. The van der Waals surface area contributed by atoms with Crippen molar-refractivity contribution in [2.75, 3.05) is 0 Å². The van der Waals surface area contributed by atoms with Crippen LogP contribution in [0, 0.1) is 0 Å². The lowest BCUT2D eigenvalue weighted by atomic mass is 10.0. The highest BCUT2D eigenvalue weighted by Crippen LogP contribution is 2.36. The minimum Gasteiger partial charge on any atom is -0.276 e. The normalized spacial score (nSPS) is 11.9. The van der Waals surface area contributed by atoms with Gasteiger partial charge in [-0.05, 0) is 12.1 Å². The predicted molar refractivity (Wildman–Crippen MR) is 62.1 cm³/mol. The summed E-state index contributed by atoms with van der Waals surface area (Å²) in [5.41, 5.74) is 0.433. The highest BCUT2D eigenvalue weighted by atomic mass is 19.4. The molecule has 3 aromatic rings. The van der Waals surface area contributed by atoms with Gasteiger partial charge in [-0.15, -0.1) is 0 Å². The van der Waals surface area contributed by atoms with Gasteiger partial charge in [0.15, 0.2) is 5.69 Å². The van der Waals surface area contributed by atoms with Crippen molar-refractivity contribution in [3.8, 4) is 11.1 Å².